The summed E-state index contributed by atoms with van der Waals surface area (Å²) in [4.78, 5) is -0.393. The van der Waals surface area contributed by atoms with E-state index in [4.69, 9.17) is 10.5 Å². The molecule has 20 heavy (non-hydrogen) atoms. The predicted molar refractivity (Wildman–Crippen MR) is 74.2 cm³/mol. The van der Waals surface area contributed by atoms with Gasteiger partial charge in [0.05, 0.1) is 6.10 Å². The van der Waals surface area contributed by atoms with Crippen molar-refractivity contribution in [1.82, 2.24) is 4.31 Å². The molecule has 1 aromatic rings. The molecule has 0 aromatic heterocycles. The van der Waals surface area contributed by atoms with Crippen LogP contribution in [0.2, 0.25) is 0 Å². The number of nitrogens with two attached hydrogens (primary N) is 1. The first-order chi connectivity index (χ1) is 9.41. The lowest BCUT2D eigenvalue weighted by molar-refractivity contribution is 0.00856. The summed E-state index contributed by atoms with van der Waals surface area (Å²) in [6.45, 7) is 0.863. The number of sulfonamides is 1. The second-order valence-corrected chi connectivity index (χ2v) is 6.98. The molecule has 0 saturated carbocycles. The average Bonchev–Trinajstić information content (AvgIpc) is 2.42. The van der Waals surface area contributed by atoms with Gasteiger partial charge < -0.3 is 10.5 Å². The van der Waals surface area contributed by atoms with Gasteiger partial charge in [-0.3, -0.25) is 0 Å². The van der Waals surface area contributed by atoms with Crippen molar-refractivity contribution in [2.24, 2.45) is 0 Å². The van der Waals surface area contributed by atoms with Crippen LogP contribution < -0.4 is 5.73 Å². The Labute approximate surface area is 118 Å². The third kappa shape index (κ3) is 3.28. The molecule has 1 aliphatic rings. The molecule has 1 saturated heterocycles. The molecule has 2 rings (SSSR count). The van der Waals surface area contributed by atoms with E-state index in [2.05, 4.69) is 0 Å². The van der Waals surface area contributed by atoms with Crippen LogP contribution in [0.5, 0.6) is 0 Å². The molecular formula is C13H19FN2O3S. The number of hydrogen-bond donors (Lipinski definition) is 1. The summed E-state index contributed by atoms with van der Waals surface area (Å²) >= 11 is 0. The molecule has 1 atom stereocenters. The number of halogens is 1. The van der Waals surface area contributed by atoms with Crippen LogP contribution in [0, 0.1) is 5.82 Å². The fourth-order valence-corrected chi connectivity index (χ4v) is 3.52. The molecule has 112 valence electrons. The number of likely N-dealkylation sites (N-methyl/N-ethyl adjacent to an activating group) is 1. The van der Waals surface area contributed by atoms with Crippen molar-refractivity contribution in [2.75, 3.05) is 25.9 Å². The lowest BCUT2D eigenvalue weighted by atomic mass is 10.1. The second kappa shape index (κ2) is 6.07. The van der Waals surface area contributed by atoms with E-state index in [-0.39, 0.29) is 18.3 Å². The Morgan fingerprint density at radius 1 is 1.45 bits per heavy atom. The van der Waals surface area contributed by atoms with Crippen molar-refractivity contribution in [3.8, 4) is 0 Å². The standard InChI is InChI=1S/C13H19FN2O3S/c1-16(9-11-4-2-3-7-19-11)20(17,18)13-8-10(15)5-6-12(13)14/h5-6,8,11H,2-4,7,9,15H2,1H3. The van der Waals surface area contributed by atoms with Crippen molar-refractivity contribution < 1.29 is 17.5 Å². The fourth-order valence-electron chi connectivity index (χ4n) is 2.22. The molecule has 2 N–H and O–H groups in total. The number of nitrogen functional groups attached to an aromatic ring is 1. The third-order valence-corrected chi connectivity index (χ3v) is 5.22. The average molecular weight is 302 g/mol. The largest absolute Gasteiger partial charge is 0.399 e. The Hall–Kier alpha value is -1.18. The molecule has 1 heterocycles. The Bertz CT molecular complexity index is 571. The number of anilines is 1. The summed E-state index contributed by atoms with van der Waals surface area (Å²) in [5.41, 5.74) is 5.75. The topological polar surface area (TPSA) is 72.6 Å². The lowest BCUT2D eigenvalue weighted by Crippen LogP contribution is -2.37. The van der Waals surface area contributed by atoms with Crippen LogP contribution in [0.3, 0.4) is 0 Å². The van der Waals surface area contributed by atoms with Gasteiger partial charge in [0, 0.05) is 25.9 Å². The van der Waals surface area contributed by atoms with Gasteiger partial charge in [-0.1, -0.05) is 0 Å². The van der Waals surface area contributed by atoms with Gasteiger partial charge in [0.25, 0.3) is 0 Å². The summed E-state index contributed by atoms with van der Waals surface area (Å²) in [6.07, 6.45) is 2.70. The van der Waals surface area contributed by atoms with Crippen LogP contribution in [-0.2, 0) is 14.8 Å². The van der Waals surface area contributed by atoms with Crippen molar-refractivity contribution in [3.05, 3.63) is 24.0 Å². The van der Waals surface area contributed by atoms with Crippen molar-refractivity contribution in [2.45, 2.75) is 30.3 Å². The monoisotopic (exact) mass is 302 g/mol. The highest BCUT2D eigenvalue weighted by molar-refractivity contribution is 7.89. The zero-order chi connectivity index (χ0) is 14.8. The minimum Gasteiger partial charge on any atom is -0.399 e. The van der Waals surface area contributed by atoms with Crippen LogP contribution >= 0.6 is 0 Å². The third-order valence-electron chi connectivity index (χ3n) is 3.38. The number of hydrogen-bond acceptors (Lipinski definition) is 4. The molecule has 1 aliphatic heterocycles. The van der Waals surface area contributed by atoms with Crippen LogP contribution in [0.15, 0.2) is 23.1 Å². The predicted octanol–water partition coefficient (Wildman–Crippen LogP) is 1.60. The number of ether oxygens (including phenoxy) is 1. The van der Waals surface area contributed by atoms with E-state index < -0.39 is 20.7 Å². The molecule has 0 aliphatic carbocycles. The molecule has 0 amide bonds. The quantitative estimate of drug-likeness (QED) is 0.857. The second-order valence-electron chi connectivity index (χ2n) is 4.96. The van der Waals surface area contributed by atoms with E-state index in [0.717, 1.165) is 35.7 Å². The van der Waals surface area contributed by atoms with Crippen molar-refractivity contribution >= 4 is 15.7 Å². The van der Waals surface area contributed by atoms with Crippen molar-refractivity contribution in [1.29, 1.82) is 0 Å². The Balaban J connectivity index is 2.18. The Morgan fingerprint density at radius 2 is 2.20 bits per heavy atom. The molecular weight excluding hydrogens is 283 g/mol. The molecule has 0 bridgehead atoms. The summed E-state index contributed by atoms with van der Waals surface area (Å²) in [5.74, 6) is -0.796. The van der Waals surface area contributed by atoms with E-state index in [9.17, 15) is 12.8 Å². The maximum absolute atomic E-state index is 13.7. The zero-order valence-electron chi connectivity index (χ0n) is 11.4. The molecule has 1 fully saturated rings. The highest BCUT2D eigenvalue weighted by Crippen LogP contribution is 2.22. The highest BCUT2D eigenvalue weighted by atomic mass is 32.2. The summed E-state index contributed by atoms with van der Waals surface area (Å²) in [7, 11) is -2.47. The Morgan fingerprint density at radius 3 is 2.85 bits per heavy atom. The van der Waals surface area contributed by atoms with Gasteiger partial charge in [0.2, 0.25) is 10.0 Å². The Kier molecular flexibility index (Phi) is 4.62. The van der Waals surface area contributed by atoms with Gasteiger partial charge in [0.1, 0.15) is 10.7 Å². The lowest BCUT2D eigenvalue weighted by Gasteiger charge is -2.27. The van der Waals surface area contributed by atoms with Gasteiger partial charge in [-0.25, -0.2) is 12.8 Å². The molecule has 7 heteroatoms. The van der Waals surface area contributed by atoms with E-state index in [1.165, 1.54) is 13.1 Å². The molecule has 0 spiro atoms. The van der Waals surface area contributed by atoms with E-state index in [1.54, 1.807) is 0 Å². The molecule has 1 aromatic carbocycles. The van der Waals surface area contributed by atoms with Gasteiger partial charge in [-0.15, -0.1) is 0 Å². The number of rotatable bonds is 4. The molecule has 5 nitrogen and oxygen atoms in total. The summed E-state index contributed by atoms with van der Waals surface area (Å²) in [5, 5.41) is 0. The maximum atomic E-state index is 13.7. The number of benzene rings is 1. The van der Waals surface area contributed by atoms with Crippen LogP contribution in [0.1, 0.15) is 19.3 Å². The summed E-state index contributed by atoms with van der Waals surface area (Å²) < 4.78 is 45.1. The highest BCUT2D eigenvalue weighted by Gasteiger charge is 2.27. The van der Waals surface area contributed by atoms with Crippen LogP contribution in [0.4, 0.5) is 10.1 Å². The van der Waals surface area contributed by atoms with E-state index in [0.29, 0.717) is 6.61 Å². The van der Waals surface area contributed by atoms with Gasteiger partial charge in [-0.05, 0) is 37.5 Å². The van der Waals surface area contributed by atoms with Gasteiger partial charge in [-0.2, -0.15) is 4.31 Å². The van der Waals surface area contributed by atoms with Crippen LogP contribution in [0.25, 0.3) is 0 Å². The SMILES string of the molecule is CN(CC1CCCCO1)S(=O)(=O)c1cc(N)ccc1F. The first kappa shape index (κ1) is 15.2. The minimum atomic E-state index is -3.89. The molecule has 0 radical (unpaired) electrons. The molecule has 1 unspecified atom stereocenters. The summed E-state index contributed by atoms with van der Waals surface area (Å²) in [6, 6.07) is 3.54. The fraction of sp³-hybridized carbons (Fsp3) is 0.538. The normalized spacial score (nSPS) is 20.2. The first-order valence-electron chi connectivity index (χ1n) is 6.54. The number of nitrogens with zero attached hydrogens (tertiary/aromatic N) is 1. The smallest absolute Gasteiger partial charge is 0.245 e. The van der Waals surface area contributed by atoms with E-state index >= 15 is 0 Å². The van der Waals surface area contributed by atoms with Gasteiger partial charge in [0.15, 0.2) is 0 Å². The minimum absolute atomic E-state index is 0.132. The van der Waals surface area contributed by atoms with Crippen molar-refractivity contribution in [3.63, 3.8) is 0 Å². The zero-order valence-corrected chi connectivity index (χ0v) is 12.2. The first-order valence-corrected chi connectivity index (χ1v) is 7.98. The van der Waals surface area contributed by atoms with Crippen LogP contribution in [-0.4, -0.2) is 39.0 Å². The van der Waals surface area contributed by atoms with Gasteiger partial charge >= 0.3 is 0 Å². The van der Waals surface area contributed by atoms with E-state index in [1.807, 2.05) is 0 Å². The maximum Gasteiger partial charge on any atom is 0.245 e.